The van der Waals surface area contributed by atoms with E-state index < -0.39 is 10.8 Å². The van der Waals surface area contributed by atoms with E-state index in [4.69, 9.17) is 9.40 Å². The molecule has 3 aliphatic carbocycles. The van der Waals surface area contributed by atoms with Crippen LogP contribution in [0.2, 0.25) is 0 Å². The number of nitrogens with zero attached hydrogens (tertiary/aromatic N) is 1. The lowest BCUT2D eigenvalue weighted by Gasteiger charge is -2.48. The van der Waals surface area contributed by atoms with Gasteiger partial charge < -0.3 is 4.42 Å². The van der Waals surface area contributed by atoms with Crippen LogP contribution in [-0.4, -0.2) is 4.98 Å². The van der Waals surface area contributed by atoms with Crippen LogP contribution in [0.5, 0.6) is 0 Å². The smallest absolute Gasteiger partial charge is 0.135 e. The standard InChI is InChI=1S/C61H37NO/c1-3-18-38(19-4-1)55-34-40(35-56(62-55)39-20-5-2-6-21-39)41-25-17-32-53-59(41)46-36-45-44-24-9-16-33-57(44)63-58(45)37-54(46)61(53)51-30-14-12-28-49(51)60(50-29-13-15-31-52(50)61)47-26-10-7-22-42(47)43-23-8-11-27-48(43)60/h1-37H. The van der Waals surface area contributed by atoms with Gasteiger partial charge in [0.15, 0.2) is 0 Å². The molecular weight excluding hydrogens is 763 g/mol. The Balaban J connectivity index is 1.14. The van der Waals surface area contributed by atoms with Crippen LogP contribution < -0.4 is 0 Å². The summed E-state index contributed by atoms with van der Waals surface area (Å²) < 4.78 is 6.81. The molecular formula is C61H37NO. The minimum Gasteiger partial charge on any atom is -0.456 e. The third kappa shape index (κ3) is 4.44. The number of furan rings is 1. The van der Waals surface area contributed by atoms with Gasteiger partial charge in [-0.2, -0.15) is 0 Å². The van der Waals surface area contributed by atoms with Gasteiger partial charge in [0.1, 0.15) is 11.2 Å². The summed E-state index contributed by atoms with van der Waals surface area (Å²) in [7, 11) is 0. The highest BCUT2D eigenvalue weighted by Gasteiger charge is 2.59. The van der Waals surface area contributed by atoms with Crippen molar-refractivity contribution in [2.45, 2.75) is 10.8 Å². The molecule has 0 aliphatic heterocycles. The van der Waals surface area contributed by atoms with Crippen LogP contribution in [0.25, 0.3) is 77.8 Å². The van der Waals surface area contributed by atoms with Gasteiger partial charge in [-0.3, -0.25) is 0 Å². The van der Waals surface area contributed by atoms with E-state index >= 15 is 0 Å². The highest BCUT2D eigenvalue weighted by atomic mass is 16.3. The highest BCUT2D eigenvalue weighted by molar-refractivity contribution is 6.10. The molecule has 0 atom stereocenters. The van der Waals surface area contributed by atoms with Gasteiger partial charge in [0.05, 0.1) is 22.2 Å². The van der Waals surface area contributed by atoms with E-state index in [9.17, 15) is 0 Å². The molecule has 9 aromatic carbocycles. The second kappa shape index (κ2) is 12.7. The Morgan fingerprint density at radius 1 is 0.286 bits per heavy atom. The molecule has 292 valence electrons. The third-order valence-electron chi connectivity index (χ3n) is 14.4. The van der Waals surface area contributed by atoms with Crippen LogP contribution in [0.4, 0.5) is 0 Å². The molecule has 2 spiro atoms. The second-order valence-corrected chi connectivity index (χ2v) is 17.3. The summed E-state index contributed by atoms with van der Waals surface area (Å²) in [6, 6.07) is 82.8. The fourth-order valence-electron chi connectivity index (χ4n) is 12.0. The zero-order valence-corrected chi connectivity index (χ0v) is 34.2. The van der Waals surface area contributed by atoms with E-state index in [0.29, 0.717) is 0 Å². The summed E-state index contributed by atoms with van der Waals surface area (Å²) >= 11 is 0. The Bertz CT molecular complexity index is 3540. The molecule has 0 unspecified atom stereocenters. The molecule has 2 nitrogen and oxygen atoms in total. The van der Waals surface area contributed by atoms with Gasteiger partial charge in [-0.05, 0) is 108 Å². The molecule has 14 rings (SSSR count). The molecule has 0 saturated heterocycles. The van der Waals surface area contributed by atoms with Gasteiger partial charge in [0, 0.05) is 21.9 Å². The van der Waals surface area contributed by atoms with Crippen LogP contribution in [-0.2, 0) is 10.8 Å². The molecule has 0 saturated carbocycles. The van der Waals surface area contributed by atoms with Crippen molar-refractivity contribution in [2.75, 3.05) is 0 Å². The van der Waals surface area contributed by atoms with Gasteiger partial charge in [-0.15, -0.1) is 0 Å². The van der Waals surface area contributed by atoms with Gasteiger partial charge in [0.2, 0.25) is 0 Å². The van der Waals surface area contributed by atoms with E-state index in [2.05, 4.69) is 224 Å². The normalized spacial score (nSPS) is 14.3. The zero-order valence-electron chi connectivity index (χ0n) is 34.2. The Morgan fingerprint density at radius 2 is 0.746 bits per heavy atom. The predicted molar refractivity (Wildman–Crippen MR) is 256 cm³/mol. The number of rotatable bonds is 3. The first kappa shape index (κ1) is 34.6. The summed E-state index contributed by atoms with van der Waals surface area (Å²) in [6.07, 6.45) is 0. The molecule has 2 aromatic heterocycles. The molecule has 0 fully saturated rings. The van der Waals surface area contributed by atoms with Crippen LogP contribution in [0.15, 0.2) is 229 Å². The molecule has 2 heterocycles. The maximum atomic E-state index is 6.81. The molecule has 0 bridgehead atoms. The van der Waals surface area contributed by atoms with E-state index in [1.54, 1.807) is 0 Å². The Hall–Kier alpha value is -8.07. The minimum atomic E-state index is -0.670. The molecule has 63 heavy (non-hydrogen) atoms. The second-order valence-electron chi connectivity index (χ2n) is 17.3. The van der Waals surface area contributed by atoms with Crippen molar-refractivity contribution in [1.29, 1.82) is 0 Å². The average molecular weight is 800 g/mol. The summed E-state index contributed by atoms with van der Waals surface area (Å²) in [5.74, 6) is 0. The Labute approximate surface area is 365 Å². The number of hydrogen-bond acceptors (Lipinski definition) is 2. The fourth-order valence-corrected chi connectivity index (χ4v) is 12.0. The zero-order chi connectivity index (χ0) is 41.3. The van der Waals surface area contributed by atoms with Crippen molar-refractivity contribution in [3.63, 3.8) is 0 Å². The summed E-state index contributed by atoms with van der Waals surface area (Å²) in [5, 5.41) is 2.25. The number of benzene rings is 9. The predicted octanol–water partition coefficient (Wildman–Crippen LogP) is 15.0. The SMILES string of the molecule is c1ccc(-c2cc(-c3cccc4c3-c3cc5c(cc3C43c4ccccc4C4(c6ccccc6-c6ccccc64)c4ccccc43)oc3ccccc35)cc(-c3ccccc3)n2)cc1. The maximum Gasteiger partial charge on any atom is 0.135 e. The number of para-hydroxylation sites is 1. The average Bonchev–Trinajstić information content (AvgIpc) is 3.97. The minimum absolute atomic E-state index is 0.518. The first-order valence-electron chi connectivity index (χ1n) is 21.9. The lowest BCUT2D eigenvalue weighted by Crippen LogP contribution is -2.43. The molecule has 2 heteroatoms. The van der Waals surface area contributed by atoms with Crippen molar-refractivity contribution in [2.24, 2.45) is 0 Å². The van der Waals surface area contributed by atoms with E-state index in [1.165, 1.54) is 72.3 Å². The maximum absolute atomic E-state index is 6.81. The first-order valence-corrected chi connectivity index (χ1v) is 21.9. The van der Waals surface area contributed by atoms with Crippen LogP contribution in [0, 0.1) is 0 Å². The topological polar surface area (TPSA) is 26.0 Å². The van der Waals surface area contributed by atoms with Crippen molar-refractivity contribution < 1.29 is 4.42 Å². The molecule has 0 radical (unpaired) electrons. The van der Waals surface area contributed by atoms with Gasteiger partial charge in [-0.1, -0.05) is 194 Å². The van der Waals surface area contributed by atoms with Crippen molar-refractivity contribution in [1.82, 2.24) is 4.98 Å². The lowest BCUT2D eigenvalue weighted by atomic mass is 9.52. The largest absolute Gasteiger partial charge is 0.456 e. The highest BCUT2D eigenvalue weighted by Crippen LogP contribution is 2.68. The van der Waals surface area contributed by atoms with E-state index in [0.717, 1.165) is 50.0 Å². The summed E-state index contributed by atoms with van der Waals surface area (Å²) in [4.78, 5) is 5.31. The molecule has 0 N–H and O–H groups in total. The fraction of sp³-hybridized carbons (Fsp3) is 0.0328. The van der Waals surface area contributed by atoms with Crippen LogP contribution >= 0.6 is 0 Å². The Kier molecular flexibility index (Phi) is 7.00. The first-order chi connectivity index (χ1) is 31.2. The van der Waals surface area contributed by atoms with E-state index in [1.807, 2.05) is 0 Å². The quantitative estimate of drug-likeness (QED) is 0.178. The lowest BCUT2D eigenvalue weighted by molar-refractivity contribution is 0.630. The molecule has 3 aliphatic rings. The number of hydrogen-bond donors (Lipinski definition) is 0. The Morgan fingerprint density at radius 3 is 1.33 bits per heavy atom. The number of aromatic nitrogens is 1. The number of fused-ring (bicyclic) bond motifs is 19. The van der Waals surface area contributed by atoms with Crippen LogP contribution in [0.3, 0.4) is 0 Å². The monoisotopic (exact) mass is 799 g/mol. The van der Waals surface area contributed by atoms with Gasteiger partial charge >= 0.3 is 0 Å². The molecule has 11 aromatic rings. The van der Waals surface area contributed by atoms with Crippen molar-refractivity contribution in [3.8, 4) is 55.9 Å². The molecule has 0 amide bonds. The van der Waals surface area contributed by atoms with Crippen LogP contribution in [0.1, 0.15) is 44.5 Å². The third-order valence-corrected chi connectivity index (χ3v) is 14.4. The van der Waals surface area contributed by atoms with Gasteiger partial charge in [-0.25, -0.2) is 4.98 Å². The van der Waals surface area contributed by atoms with Crippen molar-refractivity contribution >= 4 is 21.9 Å². The van der Waals surface area contributed by atoms with Crippen molar-refractivity contribution in [3.05, 3.63) is 269 Å². The van der Waals surface area contributed by atoms with Gasteiger partial charge in [0.25, 0.3) is 0 Å². The number of pyridine rings is 1. The summed E-state index contributed by atoms with van der Waals surface area (Å²) in [5.41, 5.74) is 22.5. The summed E-state index contributed by atoms with van der Waals surface area (Å²) in [6.45, 7) is 0. The van der Waals surface area contributed by atoms with E-state index in [-0.39, 0.29) is 0 Å².